The summed E-state index contributed by atoms with van der Waals surface area (Å²) >= 11 is 0. The van der Waals surface area contributed by atoms with Crippen LogP contribution in [0, 0.1) is 0 Å². The minimum absolute atomic E-state index is 0.0291. The van der Waals surface area contributed by atoms with Crippen LogP contribution in [-0.4, -0.2) is 35.1 Å². The highest BCUT2D eigenvalue weighted by atomic mass is 16.3. The predicted octanol–water partition coefficient (Wildman–Crippen LogP) is 1.64. The highest BCUT2D eigenvalue weighted by Crippen LogP contribution is 2.28. The summed E-state index contributed by atoms with van der Waals surface area (Å²) in [5.41, 5.74) is 0.631. The Labute approximate surface area is 101 Å². The molecule has 1 aliphatic carbocycles. The van der Waals surface area contributed by atoms with E-state index in [2.05, 4.69) is 9.88 Å². The fourth-order valence-electron chi connectivity index (χ4n) is 2.05. The summed E-state index contributed by atoms with van der Waals surface area (Å²) in [7, 11) is 0. The maximum absolute atomic E-state index is 11.2. The third kappa shape index (κ3) is 2.64. The quantitative estimate of drug-likeness (QED) is 0.787. The van der Waals surface area contributed by atoms with E-state index in [4.69, 9.17) is 5.11 Å². The molecule has 0 spiro atoms. The lowest BCUT2D eigenvalue weighted by molar-refractivity contribution is 0.101. The molecule has 92 valence electrons. The van der Waals surface area contributed by atoms with Crippen molar-refractivity contribution in [1.29, 1.82) is 0 Å². The number of hydrogen-bond donors (Lipinski definition) is 1. The molecule has 17 heavy (non-hydrogen) atoms. The van der Waals surface area contributed by atoms with Gasteiger partial charge in [-0.2, -0.15) is 0 Å². The normalized spacial score (nSPS) is 15.4. The van der Waals surface area contributed by atoms with Crippen molar-refractivity contribution in [3.05, 3.63) is 23.9 Å². The fraction of sp³-hybridized carbons (Fsp3) is 0.538. The highest BCUT2D eigenvalue weighted by molar-refractivity contribution is 5.93. The molecule has 1 fully saturated rings. The number of carbonyl (C=O) groups is 1. The molecular weight excluding hydrogens is 216 g/mol. The van der Waals surface area contributed by atoms with Crippen molar-refractivity contribution in [3.8, 4) is 0 Å². The molecule has 0 radical (unpaired) electrons. The van der Waals surface area contributed by atoms with Gasteiger partial charge in [0.25, 0.3) is 0 Å². The third-order valence-corrected chi connectivity index (χ3v) is 3.31. The van der Waals surface area contributed by atoms with Gasteiger partial charge >= 0.3 is 0 Å². The van der Waals surface area contributed by atoms with Crippen molar-refractivity contribution in [1.82, 2.24) is 4.98 Å². The van der Waals surface area contributed by atoms with Crippen molar-refractivity contribution < 1.29 is 9.90 Å². The van der Waals surface area contributed by atoms with Crippen molar-refractivity contribution >= 4 is 11.6 Å². The van der Waals surface area contributed by atoms with E-state index in [0.717, 1.165) is 18.7 Å². The number of rotatable bonds is 5. The summed E-state index contributed by atoms with van der Waals surface area (Å²) in [6, 6.07) is 4.16. The van der Waals surface area contributed by atoms with Crippen molar-refractivity contribution in [2.75, 3.05) is 18.1 Å². The molecule has 1 saturated carbocycles. The Kier molecular flexibility index (Phi) is 3.74. The molecule has 0 aliphatic heterocycles. The van der Waals surface area contributed by atoms with E-state index < -0.39 is 0 Å². The summed E-state index contributed by atoms with van der Waals surface area (Å²) < 4.78 is 0. The standard InChI is InChI=1S/C13H18N2O2/c1-10(17)11-5-6-13(14-9-11)15(7-8-16)12-3-2-4-12/h5-6,9,12,16H,2-4,7-8H2,1H3. The number of aromatic nitrogens is 1. The van der Waals surface area contributed by atoms with Crippen LogP contribution in [0.4, 0.5) is 5.82 Å². The molecule has 0 amide bonds. The number of nitrogens with zero attached hydrogens (tertiary/aromatic N) is 2. The van der Waals surface area contributed by atoms with Crippen LogP contribution in [0.1, 0.15) is 36.5 Å². The first-order chi connectivity index (χ1) is 8.22. The van der Waals surface area contributed by atoms with E-state index in [9.17, 15) is 4.79 Å². The Balaban J connectivity index is 2.14. The van der Waals surface area contributed by atoms with E-state index in [-0.39, 0.29) is 12.4 Å². The van der Waals surface area contributed by atoms with E-state index in [0.29, 0.717) is 18.2 Å². The van der Waals surface area contributed by atoms with Gasteiger partial charge in [-0.05, 0) is 38.3 Å². The number of aliphatic hydroxyl groups is 1. The first-order valence-corrected chi connectivity index (χ1v) is 6.07. The second-order valence-electron chi connectivity index (χ2n) is 4.46. The first kappa shape index (κ1) is 12.0. The minimum Gasteiger partial charge on any atom is -0.395 e. The topological polar surface area (TPSA) is 53.4 Å². The van der Waals surface area contributed by atoms with E-state index in [1.807, 2.05) is 6.07 Å². The van der Waals surface area contributed by atoms with Crippen LogP contribution in [0.5, 0.6) is 0 Å². The molecule has 0 atom stereocenters. The third-order valence-electron chi connectivity index (χ3n) is 3.31. The minimum atomic E-state index is 0.0291. The molecule has 4 heteroatoms. The Hall–Kier alpha value is -1.42. The number of Topliss-reactive ketones (excluding diaryl/α,β-unsaturated/α-hetero) is 1. The maximum Gasteiger partial charge on any atom is 0.161 e. The van der Waals surface area contributed by atoms with Crippen molar-refractivity contribution in [2.24, 2.45) is 0 Å². The zero-order valence-corrected chi connectivity index (χ0v) is 10.1. The Bertz CT molecular complexity index is 385. The number of hydrogen-bond acceptors (Lipinski definition) is 4. The van der Waals surface area contributed by atoms with Crippen LogP contribution in [0.15, 0.2) is 18.3 Å². The van der Waals surface area contributed by atoms with Crippen LogP contribution >= 0.6 is 0 Å². The zero-order valence-electron chi connectivity index (χ0n) is 10.1. The summed E-state index contributed by atoms with van der Waals surface area (Å²) in [4.78, 5) is 17.6. The average molecular weight is 234 g/mol. The summed E-state index contributed by atoms with van der Waals surface area (Å²) in [6.07, 6.45) is 5.19. The Morgan fingerprint density at radius 3 is 2.71 bits per heavy atom. The average Bonchev–Trinajstić information content (AvgIpc) is 2.26. The van der Waals surface area contributed by atoms with Crippen LogP contribution in [-0.2, 0) is 0 Å². The van der Waals surface area contributed by atoms with Gasteiger partial charge in [-0.1, -0.05) is 0 Å². The summed E-state index contributed by atoms with van der Waals surface area (Å²) in [5.74, 6) is 0.884. The van der Waals surface area contributed by atoms with Gasteiger partial charge in [-0.3, -0.25) is 4.79 Å². The van der Waals surface area contributed by atoms with Gasteiger partial charge in [0.15, 0.2) is 5.78 Å². The predicted molar refractivity (Wildman–Crippen MR) is 66.3 cm³/mol. The van der Waals surface area contributed by atoms with Gasteiger partial charge in [0, 0.05) is 24.3 Å². The summed E-state index contributed by atoms with van der Waals surface area (Å²) in [6.45, 7) is 2.28. The summed E-state index contributed by atoms with van der Waals surface area (Å²) in [5, 5.41) is 9.09. The molecule has 2 rings (SSSR count). The van der Waals surface area contributed by atoms with Gasteiger partial charge in [0.1, 0.15) is 5.82 Å². The van der Waals surface area contributed by atoms with E-state index >= 15 is 0 Å². The number of anilines is 1. The van der Waals surface area contributed by atoms with Crippen LogP contribution < -0.4 is 4.90 Å². The molecule has 1 aliphatic rings. The molecule has 1 N–H and O–H groups in total. The lowest BCUT2D eigenvalue weighted by atomic mass is 9.91. The monoisotopic (exact) mass is 234 g/mol. The molecule has 1 aromatic heterocycles. The largest absolute Gasteiger partial charge is 0.395 e. The van der Waals surface area contributed by atoms with Gasteiger partial charge in [0.2, 0.25) is 0 Å². The highest BCUT2D eigenvalue weighted by Gasteiger charge is 2.25. The smallest absolute Gasteiger partial charge is 0.161 e. The first-order valence-electron chi connectivity index (χ1n) is 6.07. The number of ketones is 1. The van der Waals surface area contributed by atoms with Gasteiger partial charge < -0.3 is 10.0 Å². The zero-order chi connectivity index (χ0) is 12.3. The van der Waals surface area contributed by atoms with Crippen molar-refractivity contribution in [3.63, 3.8) is 0 Å². The van der Waals surface area contributed by atoms with Gasteiger partial charge in [-0.15, -0.1) is 0 Å². The van der Waals surface area contributed by atoms with Gasteiger partial charge in [0.05, 0.1) is 6.61 Å². The number of carbonyl (C=O) groups excluding carboxylic acids is 1. The Morgan fingerprint density at radius 1 is 1.53 bits per heavy atom. The molecule has 4 nitrogen and oxygen atoms in total. The van der Waals surface area contributed by atoms with Crippen LogP contribution in [0.2, 0.25) is 0 Å². The van der Waals surface area contributed by atoms with E-state index in [1.165, 1.54) is 13.3 Å². The number of aliphatic hydroxyl groups excluding tert-OH is 1. The van der Waals surface area contributed by atoms with Crippen LogP contribution in [0.3, 0.4) is 0 Å². The Morgan fingerprint density at radius 2 is 2.29 bits per heavy atom. The van der Waals surface area contributed by atoms with E-state index in [1.54, 1.807) is 12.3 Å². The molecule has 0 saturated heterocycles. The lowest BCUT2D eigenvalue weighted by Gasteiger charge is -2.38. The second kappa shape index (κ2) is 5.27. The molecule has 0 bridgehead atoms. The maximum atomic E-state index is 11.2. The molecule has 1 heterocycles. The fourth-order valence-corrected chi connectivity index (χ4v) is 2.05. The molecule has 0 aromatic carbocycles. The molecular formula is C13H18N2O2. The molecule has 0 unspecified atom stereocenters. The van der Waals surface area contributed by atoms with Gasteiger partial charge in [-0.25, -0.2) is 4.98 Å². The van der Waals surface area contributed by atoms with Crippen LogP contribution in [0.25, 0.3) is 0 Å². The second-order valence-corrected chi connectivity index (χ2v) is 4.46. The SMILES string of the molecule is CC(=O)c1ccc(N(CCO)C2CCC2)nc1. The van der Waals surface area contributed by atoms with Crippen molar-refractivity contribution in [2.45, 2.75) is 32.2 Å². The lowest BCUT2D eigenvalue weighted by Crippen LogP contribution is -2.42. The molecule has 1 aromatic rings. The number of pyridine rings is 1.